The molecule has 4 rings (SSSR count). The van der Waals surface area contributed by atoms with Gasteiger partial charge in [0, 0.05) is 13.0 Å². The molecule has 0 spiro atoms. The summed E-state index contributed by atoms with van der Waals surface area (Å²) in [6.45, 7) is 2.66. The summed E-state index contributed by atoms with van der Waals surface area (Å²) in [5.41, 5.74) is 1.48. The second-order valence-electron chi connectivity index (χ2n) is 8.27. The Morgan fingerprint density at radius 1 is 1.03 bits per heavy atom. The van der Waals surface area contributed by atoms with Crippen molar-refractivity contribution in [2.75, 3.05) is 13.1 Å². The molecule has 2 amide bonds. The van der Waals surface area contributed by atoms with E-state index in [0.29, 0.717) is 12.8 Å². The molecule has 0 saturated carbocycles. The summed E-state index contributed by atoms with van der Waals surface area (Å²) in [6, 6.07) is 16.9. The van der Waals surface area contributed by atoms with Crippen LogP contribution in [0.5, 0.6) is 0 Å². The first-order chi connectivity index (χ1) is 14.5. The lowest BCUT2D eigenvalue weighted by Gasteiger charge is -2.45. The normalized spacial score (nSPS) is 23.2. The number of benzene rings is 2. The molecule has 0 aliphatic carbocycles. The summed E-state index contributed by atoms with van der Waals surface area (Å²) in [5.74, 6) is -1.37. The van der Waals surface area contributed by atoms with E-state index in [4.69, 9.17) is 0 Å². The van der Waals surface area contributed by atoms with Gasteiger partial charge in [-0.3, -0.25) is 19.8 Å². The molecule has 2 heterocycles. The summed E-state index contributed by atoms with van der Waals surface area (Å²) in [4.78, 5) is 38.6. The molecule has 2 aromatic carbocycles. The van der Waals surface area contributed by atoms with Crippen LogP contribution in [0.25, 0.3) is 0 Å². The average Bonchev–Trinajstić information content (AvgIpc) is 2.76. The number of carboxylic acid groups (broad SMARTS) is 1. The Balaban J connectivity index is 1.56. The summed E-state index contributed by atoms with van der Waals surface area (Å²) < 4.78 is 0. The smallest absolute Gasteiger partial charge is 0.335 e. The summed E-state index contributed by atoms with van der Waals surface area (Å²) in [5, 5.41) is 11.8. The van der Waals surface area contributed by atoms with Crippen molar-refractivity contribution in [1.82, 2.24) is 10.2 Å². The van der Waals surface area contributed by atoms with Crippen LogP contribution in [0.3, 0.4) is 0 Å². The van der Waals surface area contributed by atoms with Crippen molar-refractivity contribution in [3.05, 3.63) is 71.3 Å². The number of piperidine rings is 2. The van der Waals surface area contributed by atoms with Crippen LogP contribution in [-0.2, 0) is 21.5 Å². The van der Waals surface area contributed by atoms with Gasteiger partial charge in [0.15, 0.2) is 0 Å². The highest BCUT2D eigenvalue weighted by molar-refractivity contribution is 6.03. The zero-order chi connectivity index (χ0) is 21.1. The van der Waals surface area contributed by atoms with Gasteiger partial charge in [-0.25, -0.2) is 4.79 Å². The lowest BCUT2D eigenvalue weighted by atomic mass is 9.62. The van der Waals surface area contributed by atoms with Gasteiger partial charge in [0.1, 0.15) is 0 Å². The number of carbonyl (C=O) groups excluding carboxylic acids is 2. The van der Waals surface area contributed by atoms with E-state index in [2.05, 4.69) is 22.3 Å². The van der Waals surface area contributed by atoms with Crippen LogP contribution in [0.2, 0.25) is 0 Å². The van der Waals surface area contributed by atoms with Crippen molar-refractivity contribution in [2.45, 2.75) is 37.6 Å². The topological polar surface area (TPSA) is 86.7 Å². The zero-order valence-corrected chi connectivity index (χ0v) is 16.8. The molecule has 0 bridgehead atoms. The number of nitrogens with zero attached hydrogens (tertiary/aromatic N) is 1. The largest absolute Gasteiger partial charge is 0.478 e. The molecule has 0 radical (unpaired) electrons. The summed E-state index contributed by atoms with van der Waals surface area (Å²) in [6.07, 6.45) is 2.48. The number of hydrogen-bond donors (Lipinski definition) is 2. The molecule has 0 aromatic heterocycles. The van der Waals surface area contributed by atoms with Crippen LogP contribution in [0.4, 0.5) is 0 Å². The van der Waals surface area contributed by atoms with Crippen LogP contribution in [0.15, 0.2) is 54.6 Å². The van der Waals surface area contributed by atoms with Crippen LogP contribution >= 0.6 is 0 Å². The molecule has 6 nitrogen and oxygen atoms in total. The molecule has 2 N–H and O–H groups in total. The lowest BCUT2D eigenvalue weighted by molar-refractivity contribution is -0.140. The van der Waals surface area contributed by atoms with E-state index in [0.717, 1.165) is 38.0 Å². The first-order valence-corrected chi connectivity index (χ1v) is 10.4. The molecule has 2 fully saturated rings. The van der Waals surface area contributed by atoms with E-state index in [1.54, 1.807) is 24.3 Å². The fourth-order valence-electron chi connectivity index (χ4n) is 4.96. The number of hydrogen-bond acceptors (Lipinski definition) is 4. The minimum Gasteiger partial charge on any atom is -0.478 e. The maximum Gasteiger partial charge on any atom is 0.335 e. The summed E-state index contributed by atoms with van der Waals surface area (Å²) in [7, 11) is 0. The maximum atomic E-state index is 13.2. The Bertz CT molecular complexity index is 933. The second-order valence-corrected chi connectivity index (χ2v) is 8.27. The number of amides is 2. The molecular weight excluding hydrogens is 380 g/mol. The van der Waals surface area contributed by atoms with Crippen LogP contribution in [0.1, 0.15) is 47.2 Å². The molecule has 6 heteroatoms. The van der Waals surface area contributed by atoms with E-state index in [9.17, 15) is 19.5 Å². The molecule has 1 unspecified atom stereocenters. The van der Waals surface area contributed by atoms with Gasteiger partial charge in [0.2, 0.25) is 11.8 Å². The number of carboxylic acids is 1. The number of carbonyl (C=O) groups is 3. The van der Waals surface area contributed by atoms with Crippen molar-refractivity contribution in [1.29, 1.82) is 0 Å². The van der Waals surface area contributed by atoms with Crippen molar-refractivity contribution in [3.63, 3.8) is 0 Å². The van der Waals surface area contributed by atoms with E-state index in [-0.39, 0.29) is 23.3 Å². The Kier molecular flexibility index (Phi) is 5.68. The molecule has 156 valence electrons. The van der Waals surface area contributed by atoms with Crippen molar-refractivity contribution >= 4 is 17.8 Å². The van der Waals surface area contributed by atoms with Crippen LogP contribution in [-0.4, -0.2) is 40.9 Å². The highest BCUT2D eigenvalue weighted by Crippen LogP contribution is 2.44. The number of aromatic carboxylic acids is 1. The fraction of sp³-hybridized carbons (Fsp3) is 0.375. The van der Waals surface area contributed by atoms with E-state index in [1.807, 2.05) is 18.2 Å². The molecular formula is C24H26N2O4. The van der Waals surface area contributed by atoms with Gasteiger partial charge < -0.3 is 5.11 Å². The van der Waals surface area contributed by atoms with Crippen molar-refractivity contribution < 1.29 is 19.5 Å². The number of rotatable bonds is 5. The minimum absolute atomic E-state index is 0.105. The molecule has 1 atom stereocenters. The maximum absolute atomic E-state index is 13.2. The van der Waals surface area contributed by atoms with Crippen LogP contribution in [0, 0.1) is 5.92 Å². The zero-order valence-electron chi connectivity index (χ0n) is 16.8. The molecule has 2 saturated heterocycles. The highest BCUT2D eigenvalue weighted by atomic mass is 16.4. The standard InChI is InChI=1S/C24H26N2O4/c27-21-10-13-24(23(30)25-21,19-8-6-18(7-9-19)22(28)29)20-11-14-26(15-12-20)16-17-4-2-1-3-5-17/h1-9,20H,10-16H2,(H,28,29)(H,25,27,30). The number of nitrogens with one attached hydrogen (secondary N) is 1. The lowest BCUT2D eigenvalue weighted by Crippen LogP contribution is -2.57. The quantitative estimate of drug-likeness (QED) is 0.746. The highest BCUT2D eigenvalue weighted by Gasteiger charge is 2.50. The third-order valence-corrected chi connectivity index (χ3v) is 6.59. The Hall–Kier alpha value is -2.99. The Labute approximate surface area is 175 Å². The molecule has 2 aliphatic heterocycles. The van der Waals surface area contributed by atoms with Gasteiger partial charge in [0.25, 0.3) is 0 Å². The number of likely N-dealkylation sites (tertiary alicyclic amines) is 1. The van der Waals surface area contributed by atoms with Crippen LogP contribution < -0.4 is 5.32 Å². The van der Waals surface area contributed by atoms with Gasteiger partial charge in [-0.1, -0.05) is 42.5 Å². The van der Waals surface area contributed by atoms with E-state index in [1.165, 1.54) is 5.56 Å². The first kappa shape index (κ1) is 20.3. The molecule has 2 aromatic rings. The third kappa shape index (κ3) is 3.87. The first-order valence-electron chi connectivity index (χ1n) is 10.4. The third-order valence-electron chi connectivity index (χ3n) is 6.59. The van der Waals surface area contributed by atoms with E-state index >= 15 is 0 Å². The van der Waals surface area contributed by atoms with Crippen molar-refractivity contribution in [2.24, 2.45) is 5.92 Å². The van der Waals surface area contributed by atoms with Gasteiger partial charge in [-0.2, -0.15) is 0 Å². The molecule has 30 heavy (non-hydrogen) atoms. The summed E-state index contributed by atoms with van der Waals surface area (Å²) >= 11 is 0. The predicted molar refractivity (Wildman–Crippen MR) is 112 cm³/mol. The SMILES string of the molecule is O=C1CCC(c2ccc(C(=O)O)cc2)(C2CCN(Cc3ccccc3)CC2)C(=O)N1. The van der Waals surface area contributed by atoms with E-state index < -0.39 is 11.4 Å². The Morgan fingerprint density at radius 2 is 1.70 bits per heavy atom. The van der Waals surface area contributed by atoms with Gasteiger partial charge in [-0.15, -0.1) is 0 Å². The van der Waals surface area contributed by atoms with Gasteiger partial charge >= 0.3 is 5.97 Å². The predicted octanol–water partition coefficient (Wildman–Crippen LogP) is 2.97. The molecule has 2 aliphatic rings. The van der Waals surface area contributed by atoms with Gasteiger partial charge in [-0.05, 0) is 61.5 Å². The van der Waals surface area contributed by atoms with Crippen molar-refractivity contribution in [3.8, 4) is 0 Å². The second kappa shape index (κ2) is 8.40. The monoisotopic (exact) mass is 406 g/mol. The number of imide groups is 1. The fourth-order valence-corrected chi connectivity index (χ4v) is 4.96. The minimum atomic E-state index is -0.993. The Morgan fingerprint density at radius 3 is 2.30 bits per heavy atom. The average molecular weight is 406 g/mol. The van der Waals surface area contributed by atoms with Gasteiger partial charge in [0.05, 0.1) is 11.0 Å².